The molecule has 0 amide bonds. The first-order chi connectivity index (χ1) is 7.27. The molecule has 76 valence electrons. The smallest absolute Gasteiger partial charge is 0.166 e. The van der Waals surface area contributed by atoms with Crippen molar-refractivity contribution in [3.05, 3.63) is 35.9 Å². The van der Waals surface area contributed by atoms with Crippen LogP contribution in [0.3, 0.4) is 0 Å². The summed E-state index contributed by atoms with van der Waals surface area (Å²) >= 11 is 0. The molecule has 0 aromatic carbocycles. The van der Waals surface area contributed by atoms with Crippen molar-refractivity contribution < 1.29 is 5.11 Å². The van der Waals surface area contributed by atoms with E-state index in [2.05, 4.69) is 4.98 Å². The molecular weight excluding hydrogens is 192 g/mol. The number of fused-ring (bicyclic) bond motifs is 1. The van der Waals surface area contributed by atoms with Crippen LogP contribution in [-0.4, -0.2) is 21.0 Å². The lowest BCUT2D eigenvalue weighted by molar-refractivity contribution is 0.176. The molecule has 2 heterocycles. The molecule has 0 spiro atoms. The summed E-state index contributed by atoms with van der Waals surface area (Å²) in [5, 5.41) is 18.5. The van der Waals surface area contributed by atoms with Crippen LogP contribution in [0.1, 0.15) is 17.6 Å². The van der Waals surface area contributed by atoms with Crippen molar-refractivity contribution in [2.24, 2.45) is 5.73 Å². The van der Waals surface area contributed by atoms with Crippen molar-refractivity contribution >= 4 is 5.52 Å². The van der Waals surface area contributed by atoms with Crippen molar-refractivity contribution in [2.45, 2.75) is 6.10 Å². The number of hydrogen-bond acceptors (Lipinski definition) is 4. The van der Waals surface area contributed by atoms with Crippen molar-refractivity contribution in [1.82, 2.24) is 9.38 Å². The van der Waals surface area contributed by atoms with Gasteiger partial charge in [0.05, 0.1) is 5.52 Å². The molecule has 0 fully saturated rings. The lowest BCUT2D eigenvalue weighted by Gasteiger charge is -2.05. The minimum absolute atomic E-state index is 0.0822. The van der Waals surface area contributed by atoms with Crippen LogP contribution in [0.2, 0.25) is 0 Å². The number of nitriles is 1. The van der Waals surface area contributed by atoms with E-state index in [0.717, 1.165) is 0 Å². The minimum Gasteiger partial charge on any atom is -0.384 e. The van der Waals surface area contributed by atoms with E-state index in [4.69, 9.17) is 11.0 Å². The van der Waals surface area contributed by atoms with E-state index in [0.29, 0.717) is 17.0 Å². The minimum atomic E-state index is -0.845. The van der Waals surface area contributed by atoms with Crippen LogP contribution in [0.4, 0.5) is 0 Å². The van der Waals surface area contributed by atoms with E-state index in [-0.39, 0.29) is 6.54 Å². The lowest BCUT2D eigenvalue weighted by Crippen LogP contribution is -2.14. The molecule has 2 aromatic rings. The average Bonchev–Trinajstić information content (AvgIpc) is 2.67. The summed E-state index contributed by atoms with van der Waals surface area (Å²) in [6.45, 7) is 0.0822. The fraction of sp³-hybridized carbons (Fsp3) is 0.200. The van der Waals surface area contributed by atoms with Gasteiger partial charge in [-0.2, -0.15) is 5.26 Å². The van der Waals surface area contributed by atoms with E-state index >= 15 is 0 Å². The van der Waals surface area contributed by atoms with Crippen LogP contribution in [0.25, 0.3) is 5.52 Å². The second kappa shape index (κ2) is 3.69. The summed E-state index contributed by atoms with van der Waals surface area (Å²) in [5.74, 6) is 0.407. The third-order valence-corrected chi connectivity index (χ3v) is 2.20. The lowest BCUT2D eigenvalue weighted by atomic mass is 10.3. The highest BCUT2D eigenvalue weighted by Crippen LogP contribution is 2.16. The third kappa shape index (κ3) is 1.46. The van der Waals surface area contributed by atoms with Gasteiger partial charge in [0.25, 0.3) is 0 Å². The maximum absolute atomic E-state index is 9.62. The molecule has 5 heteroatoms. The first-order valence-corrected chi connectivity index (χ1v) is 4.53. The number of rotatable bonds is 2. The number of aliphatic hydroxyl groups is 1. The fourth-order valence-electron chi connectivity index (χ4n) is 1.48. The topological polar surface area (TPSA) is 87.3 Å². The van der Waals surface area contributed by atoms with Gasteiger partial charge in [0.15, 0.2) is 5.69 Å². The summed E-state index contributed by atoms with van der Waals surface area (Å²) in [6.07, 6.45) is 0.902. The Morgan fingerprint density at radius 3 is 3.07 bits per heavy atom. The van der Waals surface area contributed by atoms with Gasteiger partial charge in [0.2, 0.25) is 0 Å². The normalized spacial score (nSPS) is 12.6. The Balaban J connectivity index is 2.71. The SMILES string of the molecule is N#Cc1nc(C(O)CN)n2ccccc12. The molecule has 0 saturated carbocycles. The number of pyridine rings is 1. The van der Waals surface area contributed by atoms with Gasteiger partial charge >= 0.3 is 0 Å². The number of aromatic nitrogens is 2. The molecule has 1 atom stereocenters. The van der Waals surface area contributed by atoms with Gasteiger partial charge in [-0.15, -0.1) is 0 Å². The van der Waals surface area contributed by atoms with E-state index in [1.165, 1.54) is 0 Å². The molecule has 0 radical (unpaired) electrons. The van der Waals surface area contributed by atoms with Crippen LogP contribution >= 0.6 is 0 Å². The molecule has 0 saturated heterocycles. The maximum Gasteiger partial charge on any atom is 0.166 e. The highest BCUT2D eigenvalue weighted by molar-refractivity contribution is 5.58. The Morgan fingerprint density at radius 1 is 1.60 bits per heavy atom. The van der Waals surface area contributed by atoms with Crippen LogP contribution in [-0.2, 0) is 0 Å². The third-order valence-electron chi connectivity index (χ3n) is 2.20. The maximum atomic E-state index is 9.62. The number of hydrogen-bond donors (Lipinski definition) is 2. The molecule has 0 aliphatic heterocycles. The van der Waals surface area contributed by atoms with Crippen molar-refractivity contribution in [3.8, 4) is 6.07 Å². The Kier molecular flexibility index (Phi) is 2.37. The Labute approximate surface area is 86.4 Å². The zero-order valence-corrected chi connectivity index (χ0v) is 7.96. The van der Waals surface area contributed by atoms with Crippen LogP contribution < -0.4 is 5.73 Å². The first-order valence-electron chi connectivity index (χ1n) is 4.53. The Bertz CT molecular complexity index is 526. The standard InChI is InChI=1S/C10H10N4O/c11-5-7-8-3-1-2-4-14(8)10(13-7)9(15)6-12/h1-4,9,15H,6,12H2. The number of nitrogens with zero attached hydrogens (tertiary/aromatic N) is 3. The van der Waals surface area contributed by atoms with Gasteiger partial charge in [-0.3, -0.25) is 0 Å². The summed E-state index contributed by atoms with van der Waals surface area (Å²) < 4.78 is 1.68. The summed E-state index contributed by atoms with van der Waals surface area (Å²) in [5.41, 5.74) is 6.35. The molecular formula is C10H10N4O. The molecule has 1 unspecified atom stereocenters. The van der Waals surface area contributed by atoms with Gasteiger partial charge < -0.3 is 15.2 Å². The predicted octanol–water partition coefficient (Wildman–Crippen LogP) is 0.198. The molecule has 3 N–H and O–H groups in total. The first kappa shape index (κ1) is 9.65. The molecule has 0 aliphatic rings. The van der Waals surface area contributed by atoms with E-state index in [9.17, 15) is 5.11 Å². The molecule has 2 rings (SSSR count). The fourth-order valence-corrected chi connectivity index (χ4v) is 1.48. The zero-order chi connectivity index (χ0) is 10.8. The van der Waals surface area contributed by atoms with Gasteiger partial charge in [-0.1, -0.05) is 6.07 Å². The molecule has 15 heavy (non-hydrogen) atoms. The molecule has 0 aliphatic carbocycles. The number of nitrogens with two attached hydrogens (primary N) is 1. The largest absolute Gasteiger partial charge is 0.384 e. The van der Waals surface area contributed by atoms with Crippen molar-refractivity contribution in [2.75, 3.05) is 6.54 Å². The van der Waals surface area contributed by atoms with E-state index in [1.54, 1.807) is 16.7 Å². The molecule has 0 bridgehead atoms. The monoisotopic (exact) mass is 202 g/mol. The summed E-state index contributed by atoms with van der Waals surface area (Å²) in [4.78, 5) is 4.05. The Hall–Kier alpha value is -1.90. The summed E-state index contributed by atoms with van der Waals surface area (Å²) in [7, 11) is 0. The van der Waals surface area contributed by atoms with Crippen molar-refractivity contribution in [1.29, 1.82) is 5.26 Å². The van der Waals surface area contributed by atoms with Crippen LogP contribution in [0, 0.1) is 11.3 Å². The van der Waals surface area contributed by atoms with Crippen molar-refractivity contribution in [3.63, 3.8) is 0 Å². The van der Waals surface area contributed by atoms with Crippen LogP contribution in [0.5, 0.6) is 0 Å². The van der Waals surface area contributed by atoms with Gasteiger partial charge in [0, 0.05) is 12.7 Å². The zero-order valence-electron chi connectivity index (χ0n) is 7.96. The van der Waals surface area contributed by atoms with Crippen LogP contribution in [0.15, 0.2) is 24.4 Å². The second-order valence-electron chi connectivity index (χ2n) is 3.14. The number of aliphatic hydroxyl groups excluding tert-OH is 1. The quantitative estimate of drug-likeness (QED) is 0.728. The number of imidazole rings is 1. The molecule has 5 nitrogen and oxygen atoms in total. The average molecular weight is 202 g/mol. The highest BCUT2D eigenvalue weighted by Gasteiger charge is 2.15. The predicted molar refractivity (Wildman–Crippen MR) is 53.9 cm³/mol. The van der Waals surface area contributed by atoms with Gasteiger partial charge in [-0.25, -0.2) is 4.98 Å². The van der Waals surface area contributed by atoms with E-state index < -0.39 is 6.10 Å². The molecule has 2 aromatic heterocycles. The van der Waals surface area contributed by atoms with E-state index in [1.807, 2.05) is 18.2 Å². The van der Waals surface area contributed by atoms with Gasteiger partial charge in [-0.05, 0) is 12.1 Å². The summed E-state index contributed by atoms with van der Waals surface area (Å²) in [6, 6.07) is 7.39. The van der Waals surface area contributed by atoms with Gasteiger partial charge in [0.1, 0.15) is 18.0 Å². The second-order valence-corrected chi connectivity index (χ2v) is 3.14. The highest BCUT2D eigenvalue weighted by atomic mass is 16.3. The Morgan fingerprint density at radius 2 is 2.40 bits per heavy atom.